The van der Waals surface area contributed by atoms with Crippen LogP contribution in [0.15, 0.2) is 35.8 Å². The van der Waals surface area contributed by atoms with Gasteiger partial charge in [0.1, 0.15) is 5.01 Å². The molecule has 0 radical (unpaired) electrons. The van der Waals surface area contributed by atoms with E-state index in [-0.39, 0.29) is 5.41 Å². The first-order valence-electron chi connectivity index (χ1n) is 6.69. The second-order valence-corrected chi connectivity index (χ2v) is 6.88. The molecule has 1 aromatic carbocycles. The van der Waals surface area contributed by atoms with E-state index >= 15 is 0 Å². The van der Waals surface area contributed by atoms with Gasteiger partial charge in [-0.3, -0.25) is 0 Å². The standard InChI is InChI=1S/C16H22N2S/c1-12(18-11-15-17-9-10-19-15)13-5-7-14(8-6-13)16(2,3)4/h5-10,12,18H,11H2,1-4H3. The molecule has 102 valence electrons. The first-order chi connectivity index (χ1) is 8.97. The van der Waals surface area contributed by atoms with Gasteiger partial charge in [-0.15, -0.1) is 11.3 Å². The zero-order chi connectivity index (χ0) is 13.9. The van der Waals surface area contributed by atoms with Crippen molar-refractivity contribution in [2.75, 3.05) is 0 Å². The first kappa shape index (κ1) is 14.2. The maximum Gasteiger partial charge on any atom is 0.106 e. The van der Waals surface area contributed by atoms with Crippen molar-refractivity contribution in [2.24, 2.45) is 0 Å². The van der Waals surface area contributed by atoms with Gasteiger partial charge in [0.2, 0.25) is 0 Å². The summed E-state index contributed by atoms with van der Waals surface area (Å²) in [6.07, 6.45) is 1.85. The van der Waals surface area contributed by atoms with Crippen molar-refractivity contribution < 1.29 is 0 Å². The summed E-state index contributed by atoms with van der Waals surface area (Å²) >= 11 is 1.69. The minimum atomic E-state index is 0.218. The van der Waals surface area contributed by atoms with Crippen LogP contribution in [0.5, 0.6) is 0 Å². The number of aromatic nitrogens is 1. The summed E-state index contributed by atoms with van der Waals surface area (Å²) in [7, 11) is 0. The number of benzene rings is 1. The summed E-state index contributed by atoms with van der Waals surface area (Å²) in [5.41, 5.74) is 2.92. The number of hydrogen-bond donors (Lipinski definition) is 1. The summed E-state index contributed by atoms with van der Waals surface area (Å²) in [6, 6.07) is 9.26. The van der Waals surface area contributed by atoms with Crippen molar-refractivity contribution in [3.05, 3.63) is 52.0 Å². The smallest absolute Gasteiger partial charge is 0.106 e. The molecule has 2 rings (SSSR count). The maximum atomic E-state index is 4.28. The van der Waals surface area contributed by atoms with Crippen LogP contribution in [0.4, 0.5) is 0 Å². The van der Waals surface area contributed by atoms with Crippen LogP contribution in [-0.4, -0.2) is 4.98 Å². The molecule has 0 aliphatic carbocycles. The van der Waals surface area contributed by atoms with Crippen LogP contribution in [0.1, 0.15) is 49.9 Å². The number of nitrogens with one attached hydrogen (secondary N) is 1. The minimum absolute atomic E-state index is 0.218. The molecule has 0 aliphatic rings. The predicted octanol–water partition coefficient (Wildman–Crippen LogP) is 4.29. The van der Waals surface area contributed by atoms with Crippen molar-refractivity contribution in [1.29, 1.82) is 0 Å². The zero-order valence-electron chi connectivity index (χ0n) is 12.1. The molecule has 0 saturated carbocycles. The summed E-state index contributed by atoms with van der Waals surface area (Å²) in [4.78, 5) is 4.28. The molecule has 0 spiro atoms. The average Bonchev–Trinajstić information content (AvgIpc) is 2.88. The molecule has 2 nitrogen and oxygen atoms in total. The Kier molecular flexibility index (Phi) is 4.38. The average molecular weight is 274 g/mol. The largest absolute Gasteiger partial charge is 0.304 e. The second kappa shape index (κ2) is 5.85. The van der Waals surface area contributed by atoms with Gasteiger partial charge in [0.05, 0.1) is 0 Å². The number of rotatable bonds is 4. The fourth-order valence-electron chi connectivity index (χ4n) is 1.97. The topological polar surface area (TPSA) is 24.9 Å². The normalized spacial score (nSPS) is 13.5. The fourth-order valence-corrected chi connectivity index (χ4v) is 2.54. The molecule has 3 heteroatoms. The highest BCUT2D eigenvalue weighted by molar-refractivity contribution is 7.09. The lowest BCUT2D eigenvalue weighted by molar-refractivity contribution is 0.568. The monoisotopic (exact) mass is 274 g/mol. The highest BCUT2D eigenvalue weighted by Crippen LogP contribution is 2.24. The Bertz CT molecular complexity index is 495. The molecule has 1 unspecified atom stereocenters. The Labute approximate surface area is 119 Å². The summed E-state index contributed by atoms with van der Waals surface area (Å²) in [5, 5.41) is 6.66. The number of thiazole rings is 1. The highest BCUT2D eigenvalue weighted by Gasteiger charge is 2.14. The third kappa shape index (κ3) is 3.88. The van der Waals surface area contributed by atoms with E-state index in [1.54, 1.807) is 11.3 Å². The third-order valence-corrected chi connectivity index (χ3v) is 4.10. The Hall–Kier alpha value is -1.19. The molecule has 0 amide bonds. The van der Waals surface area contributed by atoms with E-state index < -0.39 is 0 Å². The lowest BCUT2D eigenvalue weighted by Crippen LogP contribution is -2.18. The SMILES string of the molecule is CC(NCc1nccs1)c1ccc(C(C)(C)C)cc1. The molecule has 0 aliphatic heterocycles. The van der Waals surface area contributed by atoms with Crippen molar-refractivity contribution in [3.8, 4) is 0 Å². The van der Waals surface area contributed by atoms with Crippen molar-refractivity contribution >= 4 is 11.3 Å². The first-order valence-corrected chi connectivity index (χ1v) is 7.57. The molecule has 0 bridgehead atoms. The van der Waals surface area contributed by atoms with Gasteiger partial charge in [-0.2, -0.15) is 0 Å². The lowest BCUT2D eigenvalue weighted by Gasteiger charge is -2.20. The van der Waals surface area contributed by atoms with Crippen LogP contribution < -0.4 is 5.32 Å². The molecule has 1 atom stereocenters. The second-order valence-electron chi connectivity index (χ2n) is 5.90. The van der Waals surface area contributed by atoms with Crippen molar-refractivity contribution in [3.63, 3.8) is 0 Å². The van der Waals surface area contributed by atoms with E-state index in [9.17, 15) is 0 Å². The van der Waals surface area contributed by atoms with Gasteiger partial charge in [-0.25, -0.2) is 4.98 Å². The van der Waals surface area contributed by atoms with Gasteiger partial charge in [-0.1, -0.05) is 45.0 Å². The Morgan fingerprint density at radius 3 is 2.42 bits per heavy atom. The van der Waals surface area contributed by atoms with E-state index in [2.05, 4.69) is 62.3 Å². The summed E-state index contributed by atoms with van der Waals surface area (Å²) in [5.74, 6) is 0. The molecular formula is C16H22N2S. The van der Waals surface area contributed by atoms with E-state index in [0.717, 1.165) is 11.6 Å². The van der Waals surface area contributed by atoms with Gasteiger partial charge in [0, 0.05) is 24.2 Å². The number of hydrogen-bond acceptors (Lipinski definition) is 3. The maximum absolute atomic E-state index is 4.28. The van der Waals surface area contributed by atoms with E-state index in [0.29, 0.717) is 6.04 Å². The van der Waals surface area contributed by atoms with Crippen LogP contribution in [0, 0.1) is 0 Å². The molecule has 19 heavy (non-hydrogen) atoms. The fraction of sp³-hybridized carbons (Fsp3) is 0.438. The third-order valence-electron chi connectivity index (χ3n) is 3.32. The predicted molar refractivity (Wildman–Crippen MR) is 82.5 cm³/mol. The van der Waals surface area contributed by atoms with Gasteiger partial charge in [-0.05, 0) is 23.5 Å². The van der Waals surface area contributed by atoms with Gasteiger partial charge in [0.25, 0.3) is 0 Å². The van der Waals surface area contributed by atoms with E-state index in [4.69, 9.17) is 0 Å². The molecule has 1 N–H and O–H groups in total. The van der Waals surface area contributed by atoms with E-state index in [1.807, 2.05) is 11.6 Å². The van der Waals surface area contributed by atoms with Gasteiger partial charge < -0.3 is 5.32 Å². The highest BCUT2D eigenvalue weighted by atomic mass is 32.1. The molecule has 0 fully saturated rings. The van der Waals surface area contributed by atoms with Crippen LogP contribution in [0.2, 0.25) is 0 Å². The summed E-state index contributed by atoms with van der Waals surface area (Å²) in [6.45, 7) is 9.75. The van der Waals surface area contributed by atoms with Crippen LogP contribution >= 0.6 is 11.3 Å². The molecular weight excluding hydrogens is 252 g/mol. The quantitative estimate of drug-likeness (QED) is 0.899. The lowest BCUT2D eigenvalue weighted by atomic mass is 9.86. The van der Waals surface area contributed by atoms with Crippen LogP contribution in [0.25, 0.3) is 0 Å². The van der Waals surface area contributed by atoms with Crippen LogP contribution in [-0.2, 0) is 12.0 Å². The molecule has 1 aromatic heterocycles. The van der Waals surface area contributed by atoms with E-state index in [1.165, 1.54) is 11.1 Å². The minimum Gasteiger partial charge on any atom is -0.304 e. The molecule has 1 heterocycles. The summed E-state index contributed by atoms with van der Waals surface area (Å²) < 4.78 is 0. The van der Waals surface area contributed by atoms with Crippen molar-refractivity contribution in [2.45, 2.75) is 45.7 Å². The van der Waals surface area contributed by atoms with Crippen LogP contribution in [0.3, 0.4) is 0 Å². The van der Waals surface area contributed by atoms with Gasteiger partial charge in [0.15, 0.2) is 0 Å². The Morgan fingerprint density at radius 1 is 1.21 bits per heavy atom. The molecule has 0 saturated heterocycles. The Morgan fingerprint density at radius 2 is 1.89 bits per heavy atom. The zero-order valence-corrected chi connectivity index (χ0v) is 12.9. The van der Waals surface area contributed by atoms with Crippen molar-refractivity contribution in [1.82, 2.24) is 10.3 Å². The number of nitrogens with zero attached hydrogens (tertiary/aromatic N) is 1. The van der Waals surface area contributed by atoms with Gasteiger partial charge >= 0.3 is 0 Å². The molecule has 2 aromatic rings. The Balaban J connectivity index is 1.97.